The number of aliphatic hydroxyl groups is 1. The van der Waals surface area contributed by atoms with Gasteiger partial charge in [0.15, 0.2) is 0 Å². The maximum Gasteiger partial charge on any atom is 0.416 e. The molecule has 1 heterocycles. The Morgan fingerprint density at radius 1 is 1.36 bits per heavy atom. The molecule has 22 heavy (non-hydrogen) atoms. The zero-order valence-corrected chi connectivity index (χ0v) is 12.1. The predicted octanol–water partition coefficient (Wildman–Crippen LogP) is 0.456. The molecule has 1 aromatic rings. The van der Waals surface area contributed by atoms with Crippen molar-refractivity contribution < 1.29 is 26.7 Å². The van der Waals surface area contributed by atoms with Gasteiger partial charge in [-0.2, -0.15) is 23.3 Å². The lowest BCUT2D eigenvalue weighted by atomic mass is 10.2. The van der Waals surface area contributed by atoms with Crippen LogP contribution in [0.25, 0.3) is 0 Å². The second-order valence-corrected chi connectivity index (χ2v) is 6.26. The number of hydrogen-bond acceptors (Lipinski definition) is 6. The van der Waals surface area contributed by atoms with E-state index in [9.17, 15) is 26.7 Å². The number of sulfonamides is 1. The van der Waals surface area contributed by atoms with Crippen molar-refractivity contribution in [3.05, 3.63) is 29.8 Å². The van der Waals surface area contributed by atoms with Crippen LogP contribution in [-0.4, -0.2) is 37.1 Å². The summed E-state index contributed by atoms with van der Waals surface area (Å²) in [7, 11) is -4.12. The van der Waals surface area contributed by atoms with Crippen molar-refractivity contribution in [1.29, 1.82) is 0 Å². The molecule has 0 saturated heterocycles. The molecule has 0 radical (unpaired) electrons. The Balaban J connectivity index is 2.18. The number of halogens is 3. The molecule has 11 heteroatoms. The molecular weight excluding hydrogens is 325 g/mol. The highest BCUT2D eigenvalue weighted by atomic mass is 32.2. The number of hydrazine groups is 1. The number of aliphatic hydroxyl groups excluding tert-OH is 1. The first-order valence-electron chi connectivity index (χ1n) is 6.03. The zero-order chi connectivity index (χ0) is 16.5. The Hall–Kier alpha value is -1.69. The molecule has 1 aliphatic rings. The van der Waals surface area contributed by atoms with Crippen molar-refractivity contribution in [1.82, 2.24) is 15.3 Å². The molecule has 0 saturated carbocycles. The van der Waals surface area contributed by atoms with Crippen molar-refractivity contribution in [3.8, 4) is 0 Å². The third-order valence-corrected chi connectivity index (χ3v) is 4.16. The summed E-state index contributed by atoms with van der Waals surface area (Å²) in [6, 6.07) is 3.03. The van der Waals surface area contributed by atoms with Crippen LogP contribution in [0, 0.1) is 0 Å². The fourth-order valence-electron chi connectivity index (χ4n) is 1.72. The Kier molecular flexibility index (Phi) is 4.42. The molecule has 1 aromatic carbocycles. The first kappa shape index (κ1) is 16.7. The lowest BCUT2D eigenvalue weighted by molar-refractivity contribution is -0.137. The zero-order valence-electron chi connectivity index (χ0n) is 11.3. The minimum atomic E-state index is -4.55. The van der Waals surface area contributed by atoms with E-state index >= 15 is 0 Å². The smallest absolute Gasteiger partial charge is 0.359 e. The van der Waals surface area contributed by atoms with Gasteiger partial charge >= 0.3 is 6.18 Å². The standard InChI is InChI=1S/C11H13F3N4O3S/c1-7-6-18(10(19)16-15-7)17-22(20,21)9-4-2-8(3-5-9)11(12,13)14/h2-5,10,16-17,19H,6H2,1H3. The molecule has 0 aromatic heterocycles. The van der Waals surface area contributed by atoms with Crippen molar-refractivity contribution >= 4 is 15.7 Å². The average Bonchev–Trinajstić information content (AvgIpc) is 2.42. The molecule has 1 aliphatic heterocycles. The minimum Gasteiger partial charge on any atom is -0.359 e. The fourth-order valence-corrected chi connectivity index (χ4v) is 2.79. The van der Waals surface area contributed by atoms with Crippen LogP contribution in [0.5, 0.6) is 0 Å². The number of hydrogen-bond donors (Lipinski definition) is 3. The van der Waals surface area contributed by atoms with E-state index in [1.165, 1.54) is 0 Å². The molecule has 7 nitrogen and oxygen atoms in total. The summed E-state index contributed by atoms with van der Waals surface area (Å²) in [5.41, 5.74) is 1.84. The van der Waals surface area contributed by atoms with Crippen LogP contribution in [0.3, 0.4) is 0 Å². The van der Waals surface area contributed by atoms with Gasteiger partial charge in [0.25, 0.3) is 10.0 Å². The Morgan fingerprint density at radius 3 is 2.50 bits per heavy atom. The lowest BCUT2D eigenvalue weighted by Gasteiger charge is -2.30. The van der Waals surface area contributed by atoms with Gasteiger partial charge in [-0.1, -0.05) is 0 Å². The number of alkyl halides is 3. The minimum absolute atomic E-state index is 0.0219. The van der Waals surface area contributed by atoms with Gasteiger partial charge in [0.1, 0.15) is 0 Å². The Morgan fingerprint density at radius 2 is 1.95 bits per heavy atom. The predicted molar refractivity (Wildman–Crippen MR) is 70.7 cm³/mol. The number of nitrogens with zero attached hydrogens (tertiary/aromatic N) is 2. The van der Waals surface area contributed by atoms with Crippen LogP contribution < -0.4 is 10.3 Å². The summed E-state index contributed by atoms with van der Waals surface area (Å²) in [5.74, 6) is 0. The van der Waals surface area contributed by atoms with Crippen LogP contribution in [0.4, 0.5) is 13.2 Å². The van der Waals surface area contributed by atoms with E-state index in [2.05, 4.69) is 15.4 Å². The molecule has 1 atom stereocenters. The van der Waals surface area contributed by atoms with Crippen molar-refractivity contribution in [2.45, 2.75) is 24.3 Å². The van der Waals surface area contributed by atoms with E-state index < -0.39 is 28.1 Å². The molecule has 1 unspecified atom stereocenters. The molecule has 0 fully saturated rings. The average molecular weight is 338 g/mol. The Bertz CT molecular complexity index is 673. The SMILES string of the molecule is CC1=NNC(O)N(NS(=O)(=O)c2ccc(C(F)(F)F)cc2)C1. The third-order valence-electron chi connectivity index (χ3n) is 2.79. The van der Waals surface area contributed by atoms with Gasteiger partial charge in [-0.05, 0) is 31.2 Å². The van der Waals surface area contributed by atoms with Gasteiger partial charge < -0.3 is 5.11 Å². The summed E-state index contributed by atoms with van der Waals surface area (Å²) in [4.78, 5) is 1.73. The van der Waals surface area contributed by atoms with Crippen LogP contribution >= 0.6 is 0 Å². The molecule has 0 aliphatic carbocycles. The molecular formula is C11H13F3N4O3S. The van der Waals surface area contributed by atoms with Crippen LogP contribution in [0.15, 0.2) is 34.3 Å². The summed E-state index contributed by atoms with van der Waals surface area (Å²) in [5, 5.41) is 14.3. The van der Waals surface area contributed by atoms with Gasteiger partial charge in [0, 0.05) is 0 Å². The van der Waals surface area contributed by atoms with Gasteiger partial charge in [0.2, 0.25) is 6.35 Å². The summed E-state index contributed by atoms with van der Waals surface area (Å²) in [6.07, 6.45) is -5.93. The van der Waals surface area contributed by atoms with E-state index in [4.69, 9.17) is 0 Å². The topological polar surface area (TPSA) is 94.0 Å². The number of rotatable bonds is 3. The quantitative estimate of drug-likeness (QED) is 0.744. The number of nitrogens with one attached hydrogen (secondary N) is 2. The molecule has 0 spiro atoms. The highest BCUT2D eigenvalue weighted by Crippen LogP contribution is 2.29. The van der Waals surface area contributed by atoms with Crippen molar-refractivity contribution in [3.63, 3.8) is 0 Å². The second kappa shape index (κ2) is 5.83. The van der Waals surface area contributed by atoms with Crippen LogP contribution in [0.2, 0.25) is 0 Å². The highest BCUT2D eigenvalue weighted by Gasteiger charge is 2.31. The lowest BCUT2D eigenvalue weighted by Crippen LogP contribution is -2.57. The number of benzene rings is 1. The molecule has 0 bridgehead atoms. The van der Waals surface area contributed by atoms with E-state index in [1.807, 2.05) is 0 Å². The largest absolute Gasteiger partial charge is 0.416 e. The van der Waals surface area contributed by atoms with Gasteiger partial charge in [-0.15, -0.1) is 4.83 Å². The highest BCUT2D eigenvalue weighted by molar-refractivity contribution is 7.89. The van der Waals surface area contributed by atoms with Crippen LogP contribution in [-0.2, 0) is 16.2 Å². The van der Waals surface area contributed by atoms with Crippen LogP contribution in [0.1, 0.15) is 12.5 Å². The van der Waals surface area contributed by atoms with E-state index in [0.29, 0.717) is 17.8 Å². The number of hydrazone groups is 1. The maximum absolute atomic E-state index is 12.5. The first-order chi connectivity index (χ1) is 10.1. The van der Waals surface area contributed by atoms with Gasteiger partial charge in [-0.25, -0.2) is 8.42 Å². The van der Waals surface area contributed by atoms with E-state index in [1.54, 1.807) is 6.92 Å². The monoisotopic (exact) mass is 338 g/mol. The first-order valence-corrected chi connectivity index (χ1v) is 7.51. The summed E-state index contributed by atoms with van der Waals surface area (Å²) in [6.45, 7) is 1.63. The van der Waals surface area contributed by atoms with E-state index in [-0.39, 0.29) is 11.4 Å². The van der Waals surface area contributed by atoms with Gasteiger partial charge in [0.05, 0.1) is 22.7 Å². The third kappa shape index (κ3) is 3.74. The normalized spacial score (nSPS) is 20.4. The van der Waals surface area contributed by atoms with E-state index in [0.717, 1.165) is 17.1 Å². The van der Waals surface area contributed by atoms with Gasteiger partial charge in [-0.3, -0.25) is 5.43 Å². The summed E-state index contributed by atoms with van der Waals surface area (Å²) >= 11 is 0. The van der Waals surface area contributed by atoms with Crippen molar-refractivity contribution in [2.24, 2.45) is 5.10 Å². The molecule has 3 N–H and O–H groups in total. The molecule has 122 valence electrons. The Labute approximate surface area is 124 Å². The maximum atomic E-state index is 12.5. The second-order valence-electron chi connectivity index (χ2n) is 4.59. The molecule has 2 rings (SSSR count). The van der Waals surface area contributed by atoms with Crippen molar-refractivity contribution in [2.75, 3.05) is 6.54 Å². The summed E-state index contributed by atoms with van der Waals surface area (Å²) < 4.78 is 61.6. The fraction of sp³-hybridized carbons (Fsp3) is 0.364. The molecule has 0 amide bonds.